The fourth-order valence-corrected chi connectivity index (χ4v) is 4.06. The maximum absolute atomic E-state index is 11.4. The van der Waals surface area contributed by atoms with Crippen LogP contribution in [0.3, 0.4) is 0 Å². The van der Waals surface area contributed by atoms with E-state index >= 15 is 0 Å². The van der Waals surface area contributed by atoms with Gasteiger partial charge in [0.1, 0.15) is 0 Å². The number of hydrogen-bond acceptors (Lipinski definition) is 4. The molecule has 0 radical (unpaired) electrons. The molecule has 1 fully saturated rings. The van der Waals surface area contributed by atoms with Crippen LogP contribution in [0.2, 0.25) is 0 Å². The molecule has 3 heterocycles. The second kappa shape index (κ2) is 5.72. The van der Waals surface area contributed by atoms with Crippen molar-refractivity contribution in [1.29, 1.82) is 0 Å². The van der Waals surface area contributed by atoms with E-state index in [2.05, 4.69) is 27.7 Å². The summed E-state index contributed by atoms with van der Waals surface area (Å²) in [6.45, 7) is 2.26. The van der Waals surface area contributed by atoms with Crippen LogP contribution in [0.15, 0.2) is 23.6 Å². The molecular formula is C17H19N3OS. The highest BCUT2D eigenvalue weighted by Crippen LogP contribution is 2.32. The van der Waals surface area contributed by atoms with E-state index in [0.717, 1.165) is 41.6 Å². The molecule has 0 unspecified atom stereocenters. The molecule has 2 aliphatic heterocycles. The highest BCUT2D eigenvalue weighted by Gasteiger charge is 2.17. The lowest BCUT2D eigenvalue weighted by atomic mass is 9.99. The number of anilines is 2. The van der Waals surface area contributed by atoms with E-state index in [-0.39, 0.29) is 5.91 Å². The van der Waals surface area contributed by atoms with Crippen molar-refractivity contribution in [2.45, 2.75) is 32.1 Å². The number of carbonyl (C=O) groups is 1. The molecule has 1 aromatic carbocycles. The number of piperidine rings is 1. The third-order valence-corrected chi connectivity index (χ3v) is 5.32. The molecule has 4 rings (SSSR count). The van der Waals surface area contributed by atoms with Gasteiger partial charge in [-0.15, -0.1) is 11.3 Å². The van der Waals surface area contributed by atoms with Gasteiger partial charge in [-0.25, -0.2) is 4.98 Å². The van der Waals surface area contributed by atoms with Crippen molar-refractivity contribution in [1.82, 2.24) is 4.98 Å². The first-order chi connectivity index (χ1) is 10.8. The quantitative estimate of drug-likeness (QED) is 0.920. The Balaban J connectivity index is 1.59. The number of fused-ring (bicyclic) bond motifs is 1. The van der Waals surface area contributed by atoms with Crippen LogP contribution in [0, 0.1) is 0 Å². The Labute approximate surface area is 134 Å². The summed E-state index contributed by atoms with van der Waals surface area (Å²) in [7, 11) is 0. The molecule has 1 amide bonds. The number of nitrogens with zero attached hydrogens (tertiary/aromatic N) is 2. The van der Waals surface area contributed by atoms with Crippen molar-refractivity contribution < 1.29 is 4.79 Å². The minimum absolute atomic E-state index is 0.112. The molecule has 0 aliphatic carbocycles. The minimum Gasteiger partial charge on any atom is -0.348 e. The number of carbonyl (C=O) groups excluding carboxylic acids is 1. The summed E-state index contributed by atoms with van der Waals surface area (Å²) < 4.78 is 0. The number of aryl methyl sites for hydroxylation is 1. The maximum atomic E-state index is 11.4. The minimum atomic E-state index is 0.112. The average molecular weight is 313 g/mol. The van der Waals surface area contributed by atoms with Crippen molar-refractivity contribution in [3.8, 4) is 11.3 Å². The van der Waals surface area contributed by atoms with Crippen molar-refractivity contribution >= 4 is 28.1 Å². The van der Waals surface area contributed by atoms with E-state index in [1.165, 1.54) is 24.8 Å². The van der Waals surface area contributed by atoms with Gasteiger partial charge < -0.3 is 10.2 Å². The molecule has 0 atom stereocenters. The fraction of sp³-hybridized carbons (Fsp3) is 0.412. The molecule has 4 nitrogen and oxygen atoms in total. The van der Waals surface area contributed by atoms with Crippen LogP contribution in [-0.4, -0.2) is 24.0 Å². The summed E-state index contributed by atoms with van der Waals surface area (Å²) in [6.07, 6.45) is 5.27. The Bertz CT molecular complexity index is 704. The largest absolute Gasteiger partial charge is 0.348 e. The van der Waals surface area contributed by atoms with Gasteiger partial charge in [0, 0.05) is 36.1 Å². The lowest BCUT2D eigenvalue weighted by Crippen LogP contribution is -2.29. The third-order valence-electron chi connectivity index (χ3n) is 4.42. The van der Waals surface area contributed by atoms with Crippen LogP contribution in [-0.2, 0) is 11.2 Å². The Morgan fingerprint density at radius 2 is 2.00 bits per heavy atom. The number of amides is 1. The molecule has 1 saturated heterocycles. The highest BCUT2D eigenvalue weighted by atomic mass is 32.1. The Kier molecular flexibility index (Phi) is 3.58. The standard InChI is InChI=1S/C17H19N3OS/c21-16-7-5-12-10-13(4-6-14(12)18-16)15-11-22-17(19-15)20-8-2-1-3-9-20/h4,6,10-11H,1-3,5,7-9H2,(H,18,21). The molecule has 114 valence electrons. The van der Waals surface area contributed by atoms with E-state index in [1.807, 2.05) is 6.07 Å². The number of aromatic nitrogens is 1. The summed E-state index contributed by atoms with van der Waals surface area (Å²) in [5, 5.41) is 6.22. The van der Waals surface area contributed by atoms with Crippen molar-refractivity contribution in [2.75, 3.05) is 23.3 Å². The maximum Gasteiger partial charge on any atom is 0.224 e. The molecule has 0 spiro atoms. The van der Waals surface area contributed by atoms with Gasteiger partial charge in [-0.2, -0.15) is 0 Å². The Hall–Kier alpha value is -1.88. The zero-order valence-corrected chi connectivity index (χ0v) is 13.3. The van der Waals surface area contributed by atoms with Crippen LogP contribution in [0.4, 0.5) is 10.8 Å². The number of benzene rings is 1. The number of thiazole rings is 1. The molecule has 0 bridgehead atoms. The number of rotatable bonds is 2. The second-order valence-corrected chi connectivity index (χ2v) is 6.82. The fourth-order valence-electron chi connectivity index (χ4n) is 3.17. The third kappa shape index (κ3) is 2.61. The number of hydrogen-bond donors (Lipinski definition) is 1. The SMILES string of the molecule is O=C1CCc2cc(-c3csc(N4CCCCC4)n3)ccc2N1. The van der Waals surface area contributed by atoms with Crippen LogP contribution in [0.25, 0.3) is 11.3 Å². The molecule has 2 aliphatic rings. The monoisotopic (exact) mass is 313 g/mol. The lowest BCUT2D eigenvalue weighted by Gasteiger charge is -2.25. The van der Waals surface area contributed by atoms with Gasteiger partial charge in [0.15, 0.2) is 5.13 Å². The molecular weight excluding hydrogens is 294 g/mol. The predicted octanol–water partition coefficient (Wildman–Crippen LogP) is 3.69. The first-order valence-electron chi connectivity index (χ1n) is 7.93. The van der Waals surface area contributed by atoms with Gasteiger partial charge in [-0.05, 0) is 43.4 Å². The van der Waals surface area contributed by atoms with Crippen molar-refractivity contribution in [3.05, 3.63) is 29.1 Å². The molecule has 22 heavy (non-hydrogen) atoms. The van der Waals surface area contributed by atoms with Gasteiger partial charge in [0.25, 0.3) is 0 Å². The van der Waals surface area contributed by atoms with Gasteiger partial charge in [-0.1, -0.05) is 6.07 Å². The van der Waals surface area contributed by atoms with Gasteiger partial charge in [-0.3, -0.25) is 4.79 Å². The lowest BCUT2D eigenvalue weighted by molar-refractivity contribution is -0.116. The Morgan fingerprint density at radius 1 is 1.14 bits per heavy atom. The first-order valence-corrected chi connectivity index (χ1v) is 8.81. The van der Waals surface area contributed by atoms with E-state index in [1.54, 1.807) is 11.3 Å². The van der Waals surface area contributed by atoms with Crippen LogP contribution in [0.5, 0.6) is 0 Å². The average Bonchev–Trinajstić information content (AvgIpc) is 3.05. The molecule has 2 aromatic rings. The van der Waals surface area contributed by atoms with Gasteiger partial charge >= 0.3 is 0 Å². The summed E-state index contributed by atoms with van der Waals surface area (Å²) >= 11 is 1.73. The smallest absolute Gasteiger partial charge is 0.224 e. The van der Waals surface area contributed by atoms with Gasteiger partial charge in [0.05, 0.1) is 5.69 Å². The van der Waals surface area contributed by atoms with Crippen LogP contribution in [0.1, 0.15) is 31.2 Å². The summed E-state index contributed by atoms with van der Waals surface area (Å²) in [6, 6.07) is 6.23. The molecule has 5 heteroatoms. The summed E-state index contributed by atoms with van der Waals surface area (Å²) in [4.78, 5) is 18.7. The molecule has 0 saturated carbocycles. The summed E-state index contributed by atoms with van der Waals surface area (Å²) in [5.74, 6) is 0.112. The van der Waals surface area contributed by atoms with Crippen LogP contribution < -0.4 is 10.2 Å². The van der Waals surface area contributed by atoms with E-state index in [9.17, 15) is 4.79 Å². The van der Waals surface area contributed by atoms with Crippen molar-refractivity contribution in [3.63, 3.8) is 0 Å². The van der Waals surface area contributed by atoms with Crippen molar-refractivity contribution in [2.24, 2.45) is 0 Å². The first kappa shape index (κ1) is 13.8. The zero-order valence-electron chi connectivity index (χ0n) is 12.5. The summed E-state index contributed by atoms with van der Waals surface area (Å²) in [5.41, 5.74) is 4.36. The van der Waals surface area contributed by atoms with Gasteiger partial charge in [0.2, 0.25) is 5.91 Å². The van der Waals surface area contributed by atoms with E-state index in [0.29, 0.717) is 6.42 Å². The topological polar surface area (TPSA) is 45.2 Å². The van der Waals surface area contributed by atoms with E-state index in [4.69, 9.17) is 4.98 Å². The zero-order chi connectivity index (χ0) is 14.9. The molecule has 1 aromatic heterocycles. The second-order valence-electron chi connectivity index (χ2n) is 5.98. The van der Waals surface area contributed by atoms with Crippen LogP contribution >= 0.6 is 11.3 Å². The highest BCUT2D eigenvalue weighted by molar-refractivity contribution is 7.14. The van der Waals surface area contributed by atoms with E-state index < -0.39 is 0 Å². The Morgan fingerprint density at radius 3 is 2.86 bits per heavy atom. The predicted molar refractivity (Wildman–Crippen MR) is 90.6 cm³/mol. The number of nitrogens with one attached hydrogen (secondary N) is 1. The normalized spacial score (nSPS) is 18.0. The molecule has 1 N–H and O–H groups in total.